The zero-order valence-corrected chi connectivity index (χ0v) is 13.0. The molecule has 0 amide bonds. The van der Waals surface area contributed by atoms with Crippen molar-refractivity contribution >= 4 is 33.2 Å². The van der Waals surface area contributed by atoms with Gasteiger partial charge in [-0.3, -0.25) is 0 Å². The summed E-state index contributed by atoms with van der Waals surface area (Å²) < 4.78 is 31.3. The predicted molar refractivity (Wildman–Crippen MR) is 75.2 cm³/mol. The predicted octanol–water partition coefficient (Wildman–Crippen LogP) is 2.30. The Morgan fingerprint density at radius 1 is 1.40 bits per heavy atom. The maximum Gasteiger partial charge on any atom is 0.244 e. The van der Waals surface area contributed by atoms with Crippen molar-refractivity contribution in [2.45, 2.75) is 16.9 Å². The molecule has 1 aromatic carbocycles. The second-order valence-electron chi connectivity index (χ2n) is 4.49. The highest BCUT2D eigenvalue weighted by Crippen LogP contribution is 2.32. The van der Waals surface area contributed by atoms with Crippen LogP contribution in [0.5, 0.6) is 0 Å². The standard InChI is InChI=1S/C12H12Cl2N2O3S/c1-16(12(7-15)4-5-19-8-12)20(17,18)9-2-3-10(13)11(14)6-9/h2-3,6H,4-5,8H2,1H3/t12-/m0/s1. The van der Waals surface area contributed by atoms with Gasteiger partial charge in [-0.2, -0.15) is 9.57 Å². The zero-order valence-electron chi connectivity index (χ0n) is 10.6. The van der Waals surface area contributed by atoms with Crippen LogP contribution in [0.4, 0.5) is 0 Å². The lowest BCUT2D eigenvalue weighted by Crippen LogP contribution is -2.49. The number of likely N-dealkylation sites (N-methyl/N-ethyl adjacent to an activating group) is 1. The summed E-state index contributed by atoms with van der Waals surface area (Å²) in [4.78, 5) is -0.00377. The van der Waals surface area contributed by atoms with E-state index in [1.807, 2.05) is 6.07 Å². The summed E-state index contributed by atoms with van der Waals surface area (Å²) in [6, 6.07) is 6.09. The van der Waals surface area contributed by atoms with Crippen LogP contribution in [0.3, 0.4) is 0 Å². The van der Waals surface area contributed by atoms with E-state index in [4.69, 9.17) is 27.9 Å². The first-order valence-corrected chi connectivity index (χ1v) is 7.96. The summed E-state index contributed by atoms with van der Waals surface area (Å²) in [5.41, 5.74) is -1.18. The number of halogens is 2. The zero-order chi connectivity index (χ0) is 15.0. The highest BCUT2D eigenvalue weighted by atomic mass is 35.5. The summed E-state index contributed by atoms with van der Waals surface area (Å²) in [6.45, 7) is 0.412. The fourth-order valence-corrected chi connectivity index (χ4v) is 3.82. The SMILES string of the molecule is CN([C@]1(C#N)CCOC1)S(=O)(=O)c1ccc(Cl)c(Cl)c1. The monoisotopic (exact) mass is 334 g/mol. The Morgan fingerprint density at radius 3 is 2.60 bits per heavy atom. The third kappa shape index (κ3) is 2.52. The number of rotatable bonds is 3. The molecule has 8 heteroatoms. The highest BCUT2D eigenvalue weighted by Gasteiger charge is 2.45. The van der Waals surface area contributed by atoms with Crippen LogP contribution in [0, 0.1) is 11.3 Å². The molecule has 0 N–H and O–H groups in total. The number of hydrogen-bond donors (Lipinski definition) is 0. The second-order valence-corrected chi connectivity index (χ2v) is 7.28. The van der Waals surface area contributed by atoms with E-state index in [2.05, 4.69) is 0 Å². The number of nitrogens with zero attached hydrogens (tertiary/aromatic N) is 2. The Labute approximate surface area is 127 Å². The molecule has 1 atom stereocenters. The van der Waals surface area contributed by atoms with Crippen molar-refractivity contribution < 1.29 is 13.2 Å². The molecule has 1 aliphatic heterocycles. The number of benzene rings is 1. The fourth-order valence-electron chi connectivity index (χ4n) is 1.99. The first-order chi connectivity index (χ1) is 9.33. The van der Waals surface area contributed by atoms with Gasteiger partial charge in [0.05, 0.1) is 27.6 Å². The molecule has 2 rings (SSSR count). The lowest BCUT2D eigenvalue weighted by Gasteiger charge is -2.30. The molecule has 1 saturated heterocycles. The van der Waals surface area contributed by atoms with Crippen molar-refractivity contribution in [1.82, 2.24) is 4.31 Å². The molecule has 0 bridgehead atoms. The van der Waals surface area contributed by atoms with Crippen molar-refractivity contribution in [3.8, 4) is 6.07 Å². The van der Waals surface area contributed by atoms with E-state index in [0.29, 0.717) is 13.0 Å². The molecule has 1 aromatic rings. The second kappa shape index (κ2) is 5.51. The molecule has 20 heavy (non-hydrogen) atoms. The van der Waals surface area contributed by atoms with E-state index in [-0.39, 0.29) is 21.5 Å². The first-order valence-electron chi connectivity index (χ1n) is 5.76. The van der Waals surface area contributed by atoms with E-state index in [9.17, 15) is 13.7 Å². The minimum atomic E-state index is -3.84. The van der Waals surface area contributed by atoms with Crippen LogP contribution in [0.1, 0.15) is 6.42 Å². The average Bonchev–Trinajstić information content (AvgIpc) is 2.90. The van der Waals surface area contributed by atoms with Crippen molar-refractivity contribution in [2.75, 3.05) is 20.3 Å². The molecule has 0 aromatic heterocycles. The summed E-state index contributed by atoms with van der Waals surface area (Å²) in [6.07, 6.45) is 0.334. The molecule has 108 valence electrons. The van der Waals surface area contributed by atoms with Crippen molar-refractivity contribution in [3.63, 3.8) is 0 Å². The first kappa shape index (κ1) is 15.5. The van der Waals surface area contributed by atoms with Gasteiger partial charge in [-0.1, -0.05) is 23.2 Å². The van der Waals surface area contributed by atoms with Crippen LogP contribution < -0.4 is 0 Å². The van der Waals surface area contributed by atoms with Gasteiger partial charge in [-0.15, -0.1) is 0 Å². The summed E-state index contributed by atoms with van der Waals surface area (Å²) >= 11 is 11.6. The van der Waals surface area contributed by atoms with Crippen molar-refractivity contribution in [3.05, 3.63) is 28.2 Å². The van der Waals surface area contributed by atoms with E-state index < -0.39 is 15.6 Å². The summed E-state index contributed by atoms with van der Waals surface area (Å²) in [7, 11) is -2.47. The van der Waals surface area contributed by atoms with E-state index >= 15 is 0 Å². The van der Waals surface area contributed by atoms with Gasteiger partial charge in [0.25, 0.3) is 0 Å². The third-order valence-electron chi connectivity index (χ3n) is 3.36. The van der Waals surface area contributed by atoms with E-state index in [0.717, 1.165) is 4.31 Å². The fraction of sp³-hybridized carbons (Fsp3) is 0.417. The van der Waals surface area contributed by atoms with Gasteiger partial charge in [-0.25, -0.2) is 8.42 Å². The van der Waals surface area contributed by atoms with Gasteiger partial charge < -0.3 is 4.74 Å². The molecule has 0 spiro atoms. The molecule has 1 aliphatic rings. The molecule has 0 unspecified atom stereocenters. The van der Waals surface area contributed by atoms with Crippen LogP contribution >= 0.6 is 23.2 Å². The maximum absolute atomic E-state index is 12.6. The minimum absolute atomic E-state index is 0.00377. The molecular weight excluding hydrogens is 323 g/mol. The molecule has 0 saturated carbocycles. The molecule has 1 fully saturated rings. The number of nitriles is 1. The molecule has 0 aliphatic carbocycles. The summed E-state index contributed by atoms with van der Waals surface area (Å²) in [5.74, 6) is 0. The van der Waals surface area contributed by atoms with Crippen molar-refractivity contribution in [1.29, 1.82) is 5.26 Å². The quantitative estimate of drug-likeness (QED) is 0.850. The molecule has 5 nitrogen and oxygen atoms in total. The Kier molecular flexibility index (Phi) is 4.28. The molecule has 1 heterocycles. The van der Waals surface area contributed by atoms with Crippen molar-refractivity contribution in [2.24, 2.45) is 0 Å². The van der Waals surface area contributed by atoms with Gasteiger partial charge >= 0.3 is 0 Å². The van der Waals surface area contributed by atoms with Crippen LogP contribution in [-0.4, -0.2) is 38.5 Å². The molecule has 0 radical (unpaired) electrons. The van der Waals surface area contributed by atoms with Gasteiger partial charge in [-0.05, 0) is 18.2 Å². The summed E-state index contributed by atoms with van der Waals surface area (Å²) in [5, 5.41) is 9.73. The Balaban J connectivity index is 2.44. The molecular formula is C12H12Cl2N2O3S. The van der Waals surface area contributed by atoms with E-state index in [1.54, 1.807) is 0 Å². The van der Waals surface area contributed by atoms with E-state index in [1.165, 1.54) is 25.2 Å². The minimum Gasteiger partial charge on any atom is -0.378 e. The van der Waals surface area contributed by atoms with Gasteiger partial charge in [0.15, 0.2) is 0 Å². The van der Waals surface area contributed by atoms with Crippen LogP contribution in [-0.2, 0) is 14.8 Å². The van der Waals surface area contributed by atoms with Crippen LogP contribution in [0.15, 0.2) is 23.1 Å². The van der Waals surface area contributed by atoms with Crippen LogP contribution in [0.2, 0.25) is 10.0 Å². The maximum atomic E-state index is 12.6. The highest BCUT2D eigenvalue weighted by molar-refractivity contribution is 7.89. The topological polar surface area (TPSA) is 70.4 Å². The van der Waals surface area contributed by atoms with Gasteiger partial charge in [0, 0.05) is 20.1 Å². The third-order valence-corrected chi connectivity index (χ3v) is 6.02. The van der Waals surface area contributed by atoms with Gasteiger partial charge in [0.1, 0.15) is 5.54 Å². The smallest absolute Gasteiger partial charge is 0.244 e. The number of sulfonamides is 1. The van der Waals surface area contributed by atoms with Crippen LogP contribution in [0.25, 0.3) is 0 Å². The number of hydrogen-bond acceptors (Lipinski definition) is 4. The Bertz CT molecular complexity index is 664. The lowest BCUT2D eigenvalue weighted by molar-refractivity contribution is 0.162. The average molecular weight is 335 g/mol. The normalized spacial score (nSPS) is 22.9. The van der Waals surface area contributed by atoms with Gasteiger partial charge in [0.2, 0.25) is 10.0 Å². The largest absolute Gasteiger partial charge is 0.378 e. The Morgan fingerprint density at radius 2 is 2.10 bits per heavy atom. The Hall–Kier alpha value is -0.840. The lowest BCUT2D eigenvalue weighted by atomic mass is 10.0. The number of ether oxygens (including phenoxy) is 1.